The van der Waals surface area contributed by atoms with Gasteiger partial charge in [0.25, 0.3) is 0 Å². The van der Waals surface area contributed by atoms with Crippen molar-refractivity contribution in [2.45, 2.75) is 50.7 Å². The summed E-state index contributed by atoms with van der Waals surface area (Å²) in [7, 11) is 0. The molecule has 0 aromatic rings. The highest BCUT2D eigenvalue weighted by atomic mass is 16.3. The first kappa shape index (κ1) is 8.52. The molecule has 2 saturated carbocycles. The van der Waals surface area contributed by atoms with Crippen LogP contribution in [0.25, 0.3) is 0 Å². The van der Waals surface area contributed by atoms with E-state index < -0.39 is 12.2 Å². The maximum Gasteiger partial charge on any atom is 0.0802 e. The Morgan fingerprint density at radius 1 is 0.750 bits per heavy atom. The molecule has 2 aliphatic carbocycles. The number of hydrogen-bond acceptors (Lipinski definition) is 2. The summed E-state index contributed by atoms with van der Waals surface area (Å²) < 4.78 is 0. The van der Waals surface area contributed by atoms with Gasteiger partial charge in [-0.3, -0.25) is 0 Å². The molecule has 2 nitrogen and oxygen atoms in total. The monoisotopic (exact) mass is 170 g/mol. The molecule has 2 heteroatoms. The fourth-order valence-electron chi connectivity index (χ4n) is 2.84. The Bertz CT molecular complexity index is 140. The van der Waals surface area contributed by atoms with Crippen LogP contribution in [0.1, 0.15) is 38.5 Å². The van der Waals surface area contributed by atoms with Crippen molar-refractivity contribution in [2.75, 3.05) is 0 Å². The molecule has 4 atom stereocenters. The normalized spacial score (nSPS) is 48.5. The SMILES string of the molecule is O[C@H]1C[C@H]2CCCC[C@@H]2C[C@@H]1O. The predicted molar refractivity (Wildman–Crippen MR) is 46.7 cm³/mol. The van der Waals surface area contributed by atoms with Gasteiger partial charge >= 0.3 is 0 Å². The molecule has 0 aromatic heterocycles. The molecule has 2 rings (SSSR count). The van der Waals surface area contributed by atoms with Crippen LogP contribution < -0.4 is 0 Å². The second kappa shape index (κ2) is 3.35. The lowest BCUT2D eigenvalue weighted by molar-refractivity contribution is -0.0566. The lowest BCUT2D eigenvalue weighted by Gasteiger charge is -2.40. The van der Waals surface area contributed by atoms with Crippen molar-refractivity contribution in [1.29, 1.82) is 0 Å². The van der Waals surface area contributed by atoms with E-state index in [-0.39, 0.29) is 0 Å². The van der Waals surface area contributed by atoms with E-state index in [9.17, 15) is 10.2 Å². The van der Waals surface area contributed by atoms with Crippen molar-refractivity contribution in [1.82, 2.24) is 0 Å². The van der Waals surface area contributed by atoms with Crippen LogP contribution in [0.15, 0.2) is 0 Å². The van der Waals surface area contributed by atoms with Crippen molar-refractivity contribution in [2.24, 2.45) is 11.8 Å². The van der Waals surface area contributed by atoms with E-state index in [1.165, 1.54) is 25.7 Å². The van der Waals surface area contributed by atoms with Crippen molar-refractivity contribution in [3.8, 4) is 0 Å². The lowest BCUT2D eigenvalue weighted by Crippen LogP contribution is -2.40. The van der Waals surface area contributed by atoms with Crippen molar-refractivity contribution >= 4 is 0 Å². The second-order valence-corrected chi connectivity index (χ2v) is 4.41. The minimum Gasteiger partial charge on any atom is -0.390 e. The Hall–Kier alpha value is -0.0800. The Morgan fingerprint density at radius 2 is 1.17 bits per heavy atom. The van der Waals surface area contributed by atoms with Crippen LogP contribution in [0.2, 0.25) is 0 Å². The maximum atomic E-state index is 9.47. The zero-order chi connectivity index (χ0) is 8.55. The Labute approximate surface area is 73.6 Å². The van der Waals surface area contributed by atoms with Crippen LogP contribution in [-0.2, 0) is 0 Å². The van der Waals surface area contributed by atoms with Crippen molar-refractivity contribution in [3.05, 3.63) is 0 Å². The topological polar surface area (TPSA) is 40.5 Å². The van der Waals surface area contributed by atoms with Gasteiger partial charge in [0.1, 0.15) is 0 Å². The van der Waals surface area contributed by atoms with Crippen LogP contribution >= 0.6 is 0 Å². The molecule has 2 N–H and O–H groups in total. The van der Waals surface area contributed by atoms with Crippen LogP contribution in [0.5, 0.6) is 0 Å². The van der Waals surface area contributed by atoms with E-state index in [0.29, 0.717) is 11.8 Å². The summed E-state index contributed by atoms with van der Waals surface area (Å²) in [4.78, 5) is 0. The molecule has 0 unspecified atom stereocenters. The summed E-state index contributed by atoms with van der Waals surface area (Å²) in [6, 6.07) is 0. The molecule has 0 radical (unpaired) electrons. The van der Waals surface area contributed by atoms with Gasteiger partial charge in [-0.15, -0.1) is 0 Å². The standard InChI is InChI=1S/C10H18O2/c11-9-5-7-3-1-2-4-8(7)6-10(9)12/h7-12H,1-6H2/t7-,8-,9+,10+/m1/s1. The summed E-state index contributed by atoms with van der Waals surface area (Å²) >= 11 is 0. The molecule has 0 aliphatic heterocycles. The highest BCUT2D eigenvalue weighted by Crippen LogP contribution is 2.40. The first-order chi connectivity index (χ1) is 5.77. The van der Waals surface area contributed by atoms with Gasteiger partial charge in [0.15, 0.2) is 0 Å². The van der Waals surface area contributed by atoms with Gasteiger partial charge in [-0.1, -0.05) is 25.7 Å². The van der Waals surface area contributed by atoms with Crippen molar-refractivity contribution < 1.29 is 10.2 Å². The minimum atomic E-state index is -0.440. The molecule has 0 aromatic carbocycles. The molecule has 0 amide bonds. The van der Waals surface area contributed by atoms with Crippen LogP contribution in [0, 0.1) is 11.8 Å². The third-order valence-electron chi connectivity index (χ3n) is 3.60. The van der Waals surface area contributed by atoms with E-state index in [1.807, 2.05) is 0 Å². The van der Waals surface area contributed by atoms with Gasteiger partial charge in [0, 0.05) is 0 Å². The average molecular weight is 170 g/mol. The summed E-state index contributed by atoms with van der Waals surface area (Å²) in [5, 5.41) is 18.9. The molecule has 70 valence electrons. The molecule has 2 fully saturated rings. The number of aliphatic hydroxyl groups is 2. The minimum absolute atomic E-state index is 0.440. The number of aliphatic hydroxyl groups excluding tert-OH is 2. The van der Waals surface area contributed by atoms with Gasteiger partial charge in [-0.2, -0.15) is 0 Å². The van der Waals surface area contributed by atoms with Crippen LogP contribution in [-0.4, -0.2) is 22.4 Å². The predicted octanol–water partition coefficient (Wildman–Crippen LogP) is 1.31. The first-order valence-electron chi connectivity index (χ1n) is 5.13. The highest BCUT2D eigenvalue weighted by molar-refractivity contribution is 4.87. The molecule has 0 spiro atoms. The van der Waals surface area contributed by atoms with Gasteiger partial charge in [-0.25, -0.2) is 0 Å². The largest absolute Gasteiger partial charge is 0.390 e. The third-order valence-corrected chi connectivity index (χ3v) is 3.60. The third kappa shape index (κ3) is 1.50. The van der Waals surface area contributed by atoms with E-state index in [2.05, 4.69) is 0 Å². The molecule has 0 saturated heterocycles. The van der Waals surface area contributed by atoms with E-state index >= 15 is 0 Å². The highest BCUT2D eigenvalue weighted by Gasteiger charge is 2.36. The number of rotatable bonds is 0. The number of hydrogen-bond donors (Lipinski definition) is 2. The zero-order valence-electron chi connectivity index (χ0n) is 7.45. The smallest absolute Gasteiger partial charge is 0.0802 e. The molecule has 0 bridgehead atoms. The van der Waals surface area contributed by atoms with Gasteiger partial charge in [0.2, 0.25) is 0 Å². The van der Waals surface area contributed by atoms with E-state index in [1.54, 1.807) is 0 Å². The Kier molecular flexibility index (Phi) is 2.37. The molecular weight excluding hydrogens is 152 g/mol. The van der Waals surface area contributed by atoms with Crippen LogP contribution in [0.4, 0.5) is 0 Å². The molecule has 2 aliphatic rings. The summed E-state index contributed by atoms with van der Waals surface area (Å²) in [5.41, 5.74) is 0. The molecule has 0 heterocycles. The second-order valence-electron chi connectivity index (χ2n) is 4.41. The summed E-state index contributed by atoms with van der Waals surface area (Å²) in [6.07, 6.45) is 5.99. The average Bonchev–Trinajstić information content (AvgIpc) is 2.07. The van der Waals surface area contributed by atoms with Gasteiger partial charge in [0.05, 0.1) is 12.2 Å². The number of fused-ring (bicyclic) bond motifs is 1. The summed E-state index contributed by atoms with van der Waals surface area (Å²) in [6.45, 7) is 0. The fourth-order valence-corrected chi connectivity index (χ4v) is 2.84. The lowest BCUT2D eigenvalue weighted by atomic mass is 9.69. The zero-order valence-corrected chi connectivity index (χ0v) is 7.45. The quantitative estimate of drug-likeness (QED) is 0.575. The van der Waals surface area contributed by atoms with E-state index in [4.69, 9.17) is 0 Å². The molecule has 12 heavy (non-hydrogen) atoms. The molecular formula is C10H18O2. The van der Waals surface area contributed by atoms with Gasteiger partial charge < -0.3 is 10.2 Å². The van der Waals surface area contributed by atoms with Crippen molar-refractivity contribution in [3.63, 3.8) is 0 Å². The summed E-state index contributed by atoms with van der Waals surface area (Å²) in [5.74, 6) is 1.41. The fraction of sp³-hybridized carbons (Fsp3) is 1.00. The van der Waals surface area contributed by atoms with Crippen LogP contribution in [0.3, 0.4) is 0 Å². The van der Waals surface area contributed by atoms with Gasteiger partial charge in [-0.05, 0) is 24.7 Å². The first-order valence-corrected chi connectivity index (χ1v) is 5.13. The van der Waals surface area contributed by atoms with E-state index in [0.717, 1.165) is 12.8 Å². The Morgan fingerprint density at radius 3 is 1.58 bits per heavy atom. The Balaban J connectivity index is 1.98. The maximum absolute atomic E-state index is 9.47.